The van der Waals surface area contributed by atoms with Gasteiger partial charge in [-0.05, 0) is 51.4 Å². The Morgan fingerprint density at radius 2 is 2.00 bits per heavy atom. The van der Waals surface area contributed by atoms with E-state index >= 15 is 0 Å². The van der Waals surface area contributed by atoms with Crippen molar-refractivity contribution in [2.75, 3.05) is 32.8 Å². The lowest BCUT2D eigenvalue weighted by Crippen LogP contribution is -2.39. The van der Waals surface area contributed by atoms with Crippen LogP contribution in [0.4, 0.5) is 0 Å². The molecule has 1 aliphatic heterocycles. The molecular weight excluding hydrogens is 212 g/mol. The van der Waals surface area contributed by atoms with Crippen LogP contribution in [0.2, 0.25) is 0 Å². The van der Waals surface area contributed by atoms with Crippen LogP contribution in [0.15, 0.2) is 0 Å². The number of rotatable bonds is 8. The summed E-state index contributed by atoms with van der Waals surface area (Å²) in [5, 5.41) is 12.5. The lowest BCUT2D eigenvalue weighted by Gasteiger charge is -2.32. The van der Waals surface area contributed by atoms with Gasteiger partial charge in [0.05, 0.1) is 6.61 Å². The minimum atomic E-state index is 0.264. The van der Waals surface area contributed by atoms with Crippen LogP contribution in [0.25, 0.3) is 0 Å². The number of likely N-dealkylation sites (tertiary alicyclic amines) is 1. The molecule has 0 bridgehead atoms. The first-order valence-electron chi connectivity index (χ1n) is 7.36. The van der Waals surface area contributed by atoms with Gasteiger partial charge in [0.25, 0.3) is 0 Å². The molecule has 102 valence electrons. The SMILES string of the molecule is CCCC1CCN(CCC(CO)NCC)CC1. The fraction of sp³-hybridized carbons (Fsp3) is 1.00. The number of nitrogens with zero attached hydrogens (tertiary/aromatic N) is 1. The molecule has 0 saturated carbocycles. The topological polar surface area (TPSA) is 35.5 Å². The molecule has 1 atom stereocenters. The van der Waals surface area contributed by atoms with E-state index in [1.54, 1.807) is 0 Å². The van der Waals surface area contributed by atoms with Gasteiger partial charge < -0.3 is 15.3 Å². The Bertz CT molecular complexity index is 179. The van der Waals surface area contributed by atoms with E-state index in [-0.39, 0.29) is 12.6 Å². The summed E-state index contributed by atoms with van der Waals surface area (Å²) < 4.78 is 0. The maximum absolute atomic E-state index is 9.22. The summed E-state index contributed by atoms with van der Waals surface area (Å²) in [5.74, 6) is 0.971. The molecule has 0 amide bonds. The molecule has 1 rings (SSSR count). The second-order valence-electron chi connectivity index (χ2n) is 5.30. The molecule has 0 aromatic rings. The number of hydrogen-bond acceptors (Lipinski definition) is 3. The fourth-order valence-electron chi connectivity index (χ4n) is 2.79. The minimum Gasteiger partial charge on any atom is -0.395 e. The first kappa shape index (κ1) is 14.9. The number of aliphatic hydroxyl groups is 1. The van der Waals surface area contributed by atoms with Crippen molar-refractivity contribution in [2.45, 2.75) is 52.0 Å². The van der Waals surface area contributed by atoms with Crippen molar-refractivity contribution >= 4 is 0 Å². The Kier molecular flexibility index (Phi) is 7.82. The van der Waals surface area contributed by atoms with Gasteiger partial charge in [-0.1, -0.05) is 26.7 Å². The highest BCUT2D eigenvalue weighted by molar-refractivity contribution is 4.74. The third kappa shape index (κ3) is 5.84. The van der Waals surface area contributed by atoms with Crippen LogP contribution in [-0.2, 0) is 0 Å². The number of piperidine rings is 1. The van der Waals surface area contributed by atoms with Gasteiger partial charge in [0.15, 0.2) is 0 Å². The largest absolute Gasteiger partial charge is 0.395 e. The average molecular weight is 242 g/mol. The van der Waals surface area contributed by atoms with E-state index in [0.29, 0.717) is 0 Å². The average Bonchev–Trinajstić information content (AvgIpc) is 2.36. The maximum Gasteiger partial charge on any atom is 0.0585 e. The van der Waals surface area contributed by atoms with Gasteiger partial charge in [-0.15, -0.1) is 0 Å². The molecule has 1 unspecified atom stereocenters. The number of aliphatic hydroxyl groups excluding tert-OH is 1. The van der Waals surface area contributed by atoms with Crippen molar-refractivity contribution < 1.29 is 5.11 Å². The number of nitrogens with one attached hydrogen (secondary N) is 1. The van der Waals surface area contributed by atoms with Crippen molar-refractivity contribution in [1.82, 2.24) is 10.2 Å². The van der Waals surface area contributed by atoms with Gasteiger partial charge in [0.1, 0.15) is 0 Å². The van der Waals surface area contributed by atoms with Crippen LogP contribution in [-0.4, -0.2) is 48.8 Å². The summed E-state index contributed by atoms with van der Waals surface area (Å²) in [6, 6.07) is 0.286. The highest BCUT2D eigenvalue weighted by Crippen LogP contribution is 2.21. The molecule has 1 heterocycles. The Labute approximate surface area is 107 Å². The van der Waals surface area contributed by atoms with E-state index in [2.05, 4.69) is 24.1 Å². The summed E-state index contributed by atoms with van der Waals surface area (Å²) in [6.07, 6.45) is 6.56. The third-order valence-corrected chi connectivity index (χ3v) is 3.91. The van der Waals surface area contributed by atoms with Gasteiger partial charge in [0.2, 0.25) is 0 Å². The third-order valence-electron chi connectivity index (χ3n) is 3.91. The summed E-state index contributed by atoms with van der Waals surface area (Å²) in [7, 11) is 0. The zero-order chi connectivity index (χ0) is 12.5. The first-order chi connectivity index (χ1) is 8.30. The molecule has 0 aliphatic carbocycles. The van der Waals surface area contributed by atoms with Crippen molar-refractivity contribution in [3.8, 4) is 0 Å². The quantitative estimate of drug-likeness (QED) is 0.682. The Morgan fingerprint density at radius 3 is 2.53 bits per heavy atom. The Hall–Kier alpha value is -0.120. The number of likely N-dealkylation sites (N-methyl/N-ethyl adjacent to an activating group) is 1. The second kappa shape index (κ2) is 8.90. The highest BCUT2D eigenvalue weighted by atomic mass is 16.3. The monoisotopic (exact) mass is 242 g/mol. The molecule has 1 saturated heterocycles. The molecule has 0 aromatic carbocycles. The normalized spacial score (nSPS) is 20.6. The molecule has 0 aromatic heterocycles. The number of hydrogen-bond donors (Lipinski definition) is 2. The molecule has 3 nitrogen and oxygen atoms in total. The standard InChI is InChI=1S/C14H30N2O/c1-3-5-13-6-9-16(10-7-13)11-8-14(12-17)15-4-2/h13-15,17H,3-12H2,1-2H3. The van der Waals surface area contributed by atoms with Crippen molar-refractivity contribution in [2.24, 2.45) is 5.92 Å². The van der Waals surface area contributed by atoms with Crippen LogP contribution in [0.3, 0.4) is 0 Å². The Balaban J connectivity index is 2.12. The zero-order valence-electron chi connectivity index (χ0n) is 11.6. The fourth-order valence-corrected chi connectivity index (χ4v) is 2.79. The van der Waals surface area contributed by atoms with Gasteiger partial charge in [-0.25, -0.2) is 0 Å². The maximum atomic E-state index is 9.22. The van der Waals surface area contributed by atoms with Crippen molar-refractivity contribution in [3.63, 3.8) is 0 Å². The molecule has 0 radical (unpaired) electrons. The van der Waals surface area contributed by atoms with Gasteiger partial charge >= 0.3 is 0 Å². The van der Waals surface area contributed by atoms with Crippen molar-refractivity contribution in [1.29, 1.82) is 0 Å². The van der Waals surface area contributed by atoms with Crippen LogP contribution in [0, 0.1) is 5.92 Å². The lowest BCUT2D eigenvalue weighted by molar-refractivity contribution is 0.160. The summed E-state index contributed by atoms with van der Waals surface area (Å²) >= 11 is 0. The van der Waals surface area contributed by atoms with E-state index in [0.717, 1.165) is 25.4 Å². The molecule has 0 spiro atoms. The summed E-state index contributed by atoms with van der Waals surface area (Å²) in [5.41, 5.74) is 0. The summed E-state index contributed by atoms with van der Waals surface area (Å²) in [4.78, 5) is 2.56. The minimum absolute atomic E-state index is 0.264. The molecule has 1 fully saturated rings. The van der Waals surface area contributed by atoms with Gasteiger partial charge in [-0.3, -0.25) is 0 Å². The molecule has 3 heteroatoms. The van der Waals surface area contributed by atoms with Gasteiger partial charge in [0, 0.05) is 6.04 Å². The van der Waals surface area contributed by atoms with Crippen LogP contribution < -0.4 is 5.32 Å². The van der Waals surface area contributed by atoms with E-state index < -0.39 is 0 Å². The van der Waals surface area contributed by atoms with E-state index in [1.165, 1.54) is 38.8 Å². The van der Waals surface area contributed by atoms with Crippen LogP contribution >= 0.6 is 0 Å². The molecular formula is C14H30N2O. The van der Waals surface area contributed by atoms with E-state index in [9.17, 15) is 5.11 Å². The molecule has 1 aliphatic rings. The predicted octanol–water partition coefficient (Wildman–Crippen LogP) is 1.86. The van der Waals surface area contributed by atoms with Gasteiger partial charge in [-0.2, -0.15) is 0 Å². The molecule has 2 N–H and O–H groups in total. The van der Waals surface area contributed by atoms with E-state index in [4.69, 9.17) is 0 Å². The lowest BCUT2D eigenvalue weighted by atomic mass is 9.92. The summed E-state index contributed by atoms with van der Waals surface area (Å²) in [6.45, 7) is 9.25. The molecule has 17 heavy (non-hydrogen) atoms. The highest BCUT2D eigenvalue weighted by Gasteiger charge is 2.18. The zero-order valence-corrected chi connectivity index (χ0v) is 11.6. The van der Waals surface area contributed by atoms with Crippen LogP contribution in [0.1, 0.15) is 46.0 Å². The van der Waals surface area contributed by atoms with Crippen LogP contribution in [0.5, 0.6) is 0 Å². The Morgan fingerprint density at radius 1 is 1.29 bits per heavy atom. The van der Waals surface area contributed by atoms with Crippen molar-refractivity contribution in [3.05, 3.63) is 0 Å². The second-order valence-corrected chi connectivity index (χ2v) is 5.30. The van der Waals surface area contributed by atoms with E-state index in [1.807, 2.05) is 0 Å². The predicted molar refractivity (Wildman–Crippen MR) is 73.2 cm³/mol. The smallest absolute Gasteiger partial charge is 0.0585 e. The first-order valence-corrected chi connectivity index (χ1v) is 7.36.